The van der Waals surface area contributed by atoms with E-state index in [-0.39, 0.29) is 18.7 Å². The van der Waals surface area contributed by atoms with Crippen LogP contribution in [0.5, 0.6) is 5.75 Å². The predicted molar refractivity (Wildman–Crippen MR) is 92.2 cm³/mol. The van der Waals surface area contributed by atoms with Crippen molar-refractivity contribution in [3.05, 3.63) is 35.5 Å². The summed E-state index contributed by atoms with van der Waals surface area (Å²) in [5, 5.41) is 7.54. The summed E-state index contributed by atoms with van der Waals surface area (Å²) in [4.78, 5) is 14.2. The second-order valence-corrected chi connectivity index (χ2v) is 7.02. The van der Waals surface area contributed by atoms with Crippen molar-refractivity contribution >= 4 is 5.91 Å². The lowest BCUT2D eigenvalue weighted by Gasteiger charge is -2.37. The minimum Gasteiger partial charge on any atom is -0.496 e. The smallest absolute Gasteiger partial charge is 0.249 e. The van der Waals surface area contributed by atoms with E-state index in [1.165, 1.54) is 0 Å². The molecule has 0 bridgehead atoms. The molecule has 1 saturated carbocycles. The molecule has 138 valence electrons. The van der Waals surface area contributed by atoms with Gasteiger partial charge in [0.15, 0.2) is 0 Å². The molecule has 1 aliphatic carbocycles. The van der Waals surface area contributed by atoms with Crippen LogP contribution in [-0.4, -0.2) is 47.1 Å². The fraction of sp³-hybridized carbons (Fsp3) is 0.474. The number of methoxy groups -OCH3 is 1. The van der Waals surface area contributed by atoms with Crippen LogP contribution in [0.1, 0.15) is 24.1 Å². The molecule has 0 radical (unpaired) electrons. The van der Waals surface area contributed by atoms with E-state index in [1.807, 2.05) is 24.3 Å². The molecule has 1 aromatic carbocycles. The molecule has 1 aromatic heterocycles. The number of carbonyl (C=O) groups is 1. The number of para-hydroxylation sites is 1. The second-order valence-electron chi connectivity index (χ2n) is 7.02. The van der Waals surface area contributed by atoms with Crippen molar-refractivity contribution in [2.45, 2.75) is 31.6 Å². The van der Waals surface area contributed by atoms with Crippen LogP contribution >= 0.6 is 0 Å². The van der Waals surface area contributed by atoms with Crippen molar-refractivity contribution in [2.75, 3.05) is 20.2 Å². The molecule has 0 saturated heterocycles. The van der Waals surface area contributed by atoms with Crippen molar-refractivity contribution in [1.29, 1.82) is 0 Å². The van der Waals surface area contributed by atoms with Gasteiger partial charge in [-0.25, -0.2) is 8.78 Å². The van der Waals surface area contributed by atoms with Crippen LogP contribution in [0, 0.1) is 5.92 Å². The maximum atomic E-state index is 13.1. The van der Waals surface area contributed by atoms with Gasteiger partial charge in [-0.3, -0.25) is 9.89 Å². The number of halogens is 2. The van der Waals surface area contributed by atoms with Crippen molar-refractivity contribution in [2.24, 2.45) is 5.92 Å². The first kappa shape index (κ1) is 17.0. The first-order chi connectivity index (χ1) is 12.5. The van der Waals surface area contributed by atoms with Crippen molar-refractivity contribution < 1.29 is 18.3 Å². The zero-order chi connectivity index (χ0) is 18.3. The van der Waals surface area contributed by atoms with Crippen LogP contribution in [0.25, 0.3) is 11.3 Å². The molecule has 0 atom stereocenters. The minimum absolute atomic E-state index is 0.145. The number of amides is 1. The fourth-order valence-electron chi connectivity index (χ4n) is 3.86. The number of carbonyl (C=O) groups excluding carboxylic acids is 1. The molecule has 2 aliphatic rings. The highest BCUT2D eigenvalue weighted by Gasteiger charge is 2.49. The number of fused-ring (bicyclic) bond motifs is 1. The van der Waals surface area contributed by atoms with E-state index < -0.39 is 11.8 Å². The lowest BCUT2D eigenvalue weighted by molar-refractivity contribution is -0.159. The minimum atomic E-state index is -2.67. The Balaban J connectivity index is 1.53. The summed E-state index contributed by atoms with van der Waals surface area (Å²) in [5.74, 6) is -2.60. The largest absolute Gasteiger partial charge is 0.496 e. The molecule has 0 unspecified atom stereocenters. The summed E-state index contributed by atoms with van der Waals surface area (Å²) in [7, 11) is 1.62. The molecule has 2 aromatic rings. The highest BCUT2D eigenvalue weighted by atomic mass is 19.3. The first-order valence-corrected chi connectivity index (χ1v) is 8.84. The quantitative estimate of drug-likeness (QED) is 0.914. The molecule has 7 heteroatoms. The van der Waals surface area contributed by atoms with Gasteiger partial charge in [0.2, 0.25) is 11.8 Å². The van der Waals surface area contributed by atoms with Gasteiger partial charge in [0.05, 0.1) is 12.8 Å². The normalized spacial score (nSPS) is 19.4. The van der Waals surface area contributed by atoms with Gasteiger partial charge in [-0.1, -0.05) is 12.1 Å². The van der Waals surface area contributed by atoms with E-state index in [0.29, 0.717) is 25.9 Å². The molecule has 5 nitrogen and oxygen atoms in total. The first-order valence-electron chi connectivity index (χ1n) is 8.84. The Morgan fingerprint density at radius 3 is 2.73 bits per heavy atom. The second kappa shape index (κ2) is 6.37. The molecular formula is C19H21F2N3O2. The molecule has 2 heterocycles. The number of aromatic amines is 1. The Morgan fingerprint density at radius 1 is 1.27 bits per heavy atom. The monoisotopic (exact) mass is 361 g/mol. The van der Waals surface area contributed by atoms with Crippen molar-refractivity contribution in [1.82, 2.24) is 15.1 Å². The third-order valence-corrected chi connectivity index (χ3v) is 5.33. The molecular weight excluding hydrogens is 340 g/mol. The lowest BCUT2D eigenvalue weighted by Crippen LogP contribution is -2.47. The number of nitrogens with zero attached hydrogens (tertiary/aromatic N) is 2. The van der Waals surface area contributed by atoms with E-state index in [4.69, 9.17) is 4.74 Å². The number of H-pyrrole nitrogens is 1. The molecule has 1 aliphatic heterocycles. The van der Waals surface area contributed by atoms with Crippen LogP contribution < -0.4 is 4.74 Å². The number of nitrogens with one attached hydrogen (secondary N) is 1. The Kier molecular flexibility index (Phi) is 4.17. The number of hydrogen-bond acceptors (Lipinski definition) is 3. The Morgan fingerprint density at radius 2 is 2.00 bits per heavy atom. The molecule has 1 fully saturated rings. The number of rotatable bonds is 3. The SMILES string of the molecule is COc1ccccc1-c1n[nH]c2c1CCN(C(=O)C1CC(F)(F)C1)CC2. The highest BCUT2D eigenvalue weighted by molar-refractivity contribution is 5.80. The topological polar surface area (TPSA) is 58.2 Å². The van der Waals surface area contributed by atoms with Gasteiger partial charge in [0.25, 0.3) is 0 Å². The van der Waals surface area contributed by atoms with Gasteiger partial charge in [-0.2, -0.15) is 5.10 Å². The van der Waals surface area contributed by atoms with Gasteiger partial charge >= 0.3 is 0 Å². The van der Waals surface area contributed by atoms with Gasteiger partial charge in [-0.15, -0.1) is 0 Å². The van der Waals surface area contributed by atoms with Gasteiger partial charge in [0, 0.05) is 55.1 Å². The average molecular weight is 361 g/mol. The standard InChI is InChI=1S/C19H21F2N3O2/c1-26-16-5-3-2-4-14(16)17-13-6-8-24(9-7-15(13)22-23-17)18(25)12-10-19(20,21)11-12/h2-5,12H,6-11H2,1H3,(H,22,23). The summed E-state index contributed by atoms with van der Waals surface area (Å²) in [5.41, 5.74) is 3.82. The van der Waals surface area contributed by atoms with E-state index in [9.17, 15) is 13.6 Å². The number of hydrogen-bond donors (Lipinski definition) is 1. The number of aromatic nitrogens is 2. The average Bonchev–Trinajstić information content (AvgIpc) is 2.90. The van der Waals surface area contributed by atoms with Crippen LogP contribution in [0.15, 0.2) is 24.3 Å². The van der Waals surface area contributed by atoms with E-state index in [2.05, 4.69) is 10.2 Å². The fourth-order valence-corrected chi connectivity index (χ4v) is 3.86. The lowest BCUT2D eigenvalue weighted by atomic mass is 9.80. The molecule has 1 N–H and O–H groups in total. The van der Waals surface area contributed by atoms with Crippen LogP contribution in [-0.2, 0) is 17.6 Å². The zero-order valence-electron chi connectivity index (χ0n) is 14.6. The molecule has 4 rings (SSSR count). The highest BCUT2D eigenvalue weighted by Crippen LogP contribution is 2.43. The Hall–Kier alpha value is -2.44. The molecule has 1 amide bonds. The molecule has 0 spiro atoms. The number of alkyl halides is 2. The van der Waals surface area contributed by atoms with Crippen molar-refractivity contribution in [3.63, 3.8) is 0 Å². The maximum absolute atomic E-state index is 13.1. The summed E-state index contributed by atoms with van der Waals surface area (Å²) in [6.45, 7) is 1.05. The summed E-state index contributed by atoms with van der Waals surface area (Å²) >= 11 is 0. The predicted octanol–water partition coefficient (Wildman–Crippen LogP) is 3.06. The Bertz CT molecular complexity index is 826. The van der Waals surface area contributed by atoms with Gasteiger partial charge in [-0.05, 0) is 18.6 Å². The third kappa shape index (κ3) is 2.95. The van der Waals surface area contributed by atoms with E-state index >= 15 is 0 Å². The number of benzene rings is 1. The zero-order valence-corrected chi connectivity index (χ0v) is 14.6. The van der Waals surface area contributed by atoms with Crippen LogP contribution in [0.4, 0.5) is 8.78 Å². The van der Waals surface area contributed by atoms with Gasteiger partial charge in [0.1, 0.15) is 5.75 Å². The van der Waals surface area contributed by atoms with E-state index in [0.717, 1.165) is 28.3 Å². The Labute approximate surface area is 150 Å². The summed E-state index contributed by atoms with van der Waals surface area (Å²) in [6, 6.07) is 7.68. The third-order valence-electron chi connectivity index (χ3n) is 5.33. The van der Waals surface area contributed by atoms with Crippen molar-refractivity contribution in [3.8, 4) is 17.0 Å². The summed E-state index contributed by atoms with van der Waals surface area (Å²) < 4.78 is 31.6. The van der Waals surface area contributed by atoms with E-state index in [1.54, 1.807) is 12.0 Å². The maximum Gasteiger partial charge on any atom is 0.249 e. The van der Waals surface area contributed by atoms with Crippen LogP contribution in [0.3, 0.4) is 0 Å². The summed E-state index contributed by atoms with van der Waals surface area (Å²) in [6.07, 6.45) is 0.656. The number of ether oxygens (including phenoxy) is 1. The van der Waals surface area contributed by atoms with Crippen LogP contribution in [0.2, 0.25) is 0 Å². The van der Waals surface area contributed by atoms with Gasteiger partial charge < -0.3 is 9.64 Å². The molecule has 26 heavy (non-hydrogen) atoms.